The zero-order chi connectivity index (χ0) is 22.1. The second kappa shape index (κ2) is 7.86. The first-order valence-corrected chi connectivity index (χ1v) is 9.18. The third-order valence-electron chi connectivity index (χ3n) is 4.94. The van der Waals surface area contributed by atoms with Crippen LogP contribution in [0.15, 0.2) is 76.9 Å². The van der Waals surface area contributed by atoms with Crippen LogP contribution in [0.2, 0.25) is 0 Å². The molecule has 2 heterocycles. The van der Waals surface area contributed by atoms with E-state index >= 15 is 0 Å². The van der Waals surface area contributed by atoms with Crippen LogP contribution in [-0.2, 0) is 16.1 Å². The minimum atomic E-state index is -1.11. The molecule has 1 aromatic heterocycles. The molecule has 1 fully saturated rings. The predicted octanol–water partition coefficient (Wildman–Crippen LogP) is 3.95. The Bertz CT molecular complexity index is 1220. The van der Waals surface area contributed by atoms with Gasteiger partial charge in [-0.2, -0.15) is 0 Å². The summed E-state index contributed by atoms with van der Waals surface area (Å²) in [6.07, 6.45) is 1.41. The zero-order valence-electron chi connectivity index (χ0n) is 15.9. The Hall–Kier alpha value is -4.27. The molecule has 3 aromatic rings. The molecule has 1 N–H and O–H groups in total. The summed E-state index contributed by atoms with van der Waals surface area (Å²) in [5, 5.41) is 22.0. The number of likely N-dealkylation sites (tertiary alicyclic amines) is 1. The number of furan rings is 1. The van der Waals surface area contributed by atoms with E-state index in [4.69, 9.17) is 4.42 Å². The van der Waals surface area contributed by atoms with Crippen molar-refractivity contribution in [1.29, 1.82) is 0 Å². The quantitative estimate of drug-likeness (QED) is 0.219. The molecule has 31 heavy (non-hydrogen) atoms. The second-order valence-corrected chi connectivity index (χ2v) is 6.87. The highest BCUT2D eigenvalue weighted by atomic mass is 19.1. The van der Waals surface area contributed by atoms with E-state index in [2.05, 4.69) is 0 Å². The summed E-state index contributed by atoms with van der Waals surface area (Å²) in [4.78, 5) is 37.3. The maximum absolute atomic E-state index is 14.0. The van der Waals surface area contributed by atoms with Gasteiger partial charge < -0.3 is 14.4 Å². The fraction of sp³-hybridized carbons (Fsp3) is 0.0909. The number of carbonyl (C=O) groups excluding carboxylic acids is 2. The van der Waals surface area contributed by atoms with Crippen LogP contribution in [0.25, 0.3) is 5.76 Å². The summed E-state index contributed by atoms with van der Waals surface area (Å²) in [5.74, 6) is -2.67. The van der Waals surface area contributed by atoms with Crippen molar-refractivity contribution < 1.29 is 28.4 Å². The van der Waals surface area contributed by atoms with Gasteiger partial charge >= 0.3 is 0 Å². The number of rotatable bonds is 5. The molecule has 0 saturated carbocycles. The summed E-state index contributed by atoms with van der Waals surface area (Å²) in [6.45, 7) is -0.0928. The van der Waals surface area contributed by atoms with Crippen molar-refractivity contribution in [3.8, 4) is 0 Å². The van der Waals surface area contributed by atoms with Crippen molar-refractivity contribution in [2.75, 3.05) is 0 Å². The molecule has 1 aliphatic rings. The number of hydrogen-bond donors (Lipinski definition) is 1. The number of aliphatic hydroxyl groups excluding tert-OH is 1. The molecule has 156 valence electrons. The summed E-state index contributed by atoms with van der Waals surface area (Å²) in [5.41, 5.74) is -0.330. The molecular formula is C22H15FN2O6. The summed E-state index contributed by atoms with van der Waals surface area (Å²) in [6, 6.07) is 12.5. The van der Waals surface area contributed by atoms with Crippen molar-refractivity contribution >= 4 is 23.1 Å². The first kappa shape index (κ1) is 20.0. The van der Waals surface area contributed by atoms with E-state index in [0.29, 0.717) is 5.76 Å². The number of carbonyl (C=O) groups is 2. The van der Waals surface area contributed by atoms with Crippen LogP contribution in [-0.4, -0.2) is 26.6 Å². The first-order valence-electron chi connectivity index (χ1n) is 9.18. The lowest BCUT2D eigenvalue weighted by atomic mass is 9.95. The van der Waals surface area contributed by atoms with Crippen LogP contribution in [0.1, 0.15) is 22.9 Å². The smallest absolute Gasteiger partial charge is 0.296 e. The Balaban J connectivity index is 1.89. The maximum atomic E-state index is 14.0. The lowest BCUT2D eigenvalue weighted by Crippen LogP contribution is -2.29. The number of Topliss-reactive ketones (excluding diaryl/α,β-unsaturated/α-hetero) is 1. The zero-order valence-corrected chi connectivity index (χ0v) is 15.9. The molecule has 0 unspecified atom stereocenters. The van der Waals surface area contributed by atoms with E-state index in [1.54, 1.807) is 12.1 Å². The molecule has 1 atom stereocenters. The highest BCUT2D eigenvalue weighted by Gasteiger charge is 2.46. The van der Waals surface area contributed by atoms with Gasteiger partial charge in [-0.1, -0.05) is 24.3 Å². The lowest BCUT2D eigenvalue weighted by molar-refractivity contribution is -0.384. The van der Waals surface area contributed by atoms with Crippen molar-refractivity contribution in [2.45, 2.75) is 12.6 Å². The van der Waals surface area contributed by atoms with Crippen molar-refractivity contribution in [3.05, 3.63) is 105 Å². The van der Waals surface area contributed by atoms with Crippen LogP contribution in [0.3, 0.4) is 0 Å². The molecule has 0 aliphatic carbocycles. The number of nitro groups is 1. The molecule has 4 rings (SSSR count). The van der Waals surface area contributed by atoms with Gasteiger partial charge in [0.15, 0.2) is 0 Å². The van der Waals surface area contributed by atoms with Gasteiger partial charge in [-0.15, -0.1) is 0 Å². The normalized spacial score (nSPS) is 17.8. The van der Waals surface area contributed by atoms with Gasteiger partial charge in [0.05, 0.1) is 29.3 Å². The number of aliphatic hydroxyl groups is 1. The second-order valence-electron chi connectivity index (χ2n) is 6.87. The van der Waals surface area contributed by atoms with Crippen LogP contribution in [0.5, 0.6) is 0 Å². The van der Waals surface area contributed by atoms with E-state index in [0.717, 1.165) is 12.1 Å². The molecule has 0 bridgehead atoms. The average Bonchev–Trinajstić information content (AvgIpc) is 3.36. The fourth-order valence-electron chi connectivity index (χ4n) is 3.56. The van der Waals surface area contributed by atoms with E-state index in [-0.39, 0.29) is 28.9 Å². The Kier molecular flexibility index (Phi) is 5.08. The highest BCUT2D eigenvalue weighted by Crippen LogP contribution is 2.40. The highest BCUT2D eigenvalue weighted by molar-refractivity contribution is 6.46. The number of nitro benzene ring substituents is 1. The number of hydrogen-bond acceptors (Lipinski definition) is 6. The number of halogens is 1. The van der Waals surface area contributed by atoms with Gasteiger partial charge in [-0.3, -0.25) is 19.7 Å². The number of non-ortho nitro benzene ring substituents is 1. The number of amides is 1. The molecule has 1 saturated heterocycles. The monoisotopic (exact) mass is 422 g/mol. The molecule has 0 radical (unpaired) electrons. The lowest BCUT2D eigenvalue weighted by Gasteiger charge is -2.24. The molecule has 1 amide bonds. The van der Waals surface area contributed by atoms with Crippen LogP contribution >= 0.6 is 0 Å². The SMILES string of the molecule is O=C1C(=O)N(Cc2ccco2)[C@H](c2cccc(F)c2)C1=C(O)c1cccc([N+](=O)[O-])c1. The van der Waals surface area contributed by atoms with Gasteiger partial charge in [0.2, 0.25) is 0 Å². The fourth-order valence-corrected chi connectivity index (χ4v) is 3.56. The van der Waals surface area contributed by atoms with Gasteiger partial charge in [-0.25, -0.2) is 4.39 Å². The van der Waals surface area contributed by atoms with Gasteiger partial charge in [-0.05, 0) is 29.8 Å². The van der Waals surface area contributed by atoms with Gasteiger partial charge in [0.1, 0.15) is 17.3 Å². The van der Waals surface area contributed by atoms with Crippen LogP contribution in [0.4, 0.5) is 10.1 Å². The number of nitrogens with zero attached hydrogens (tertiary/aromatic N) is 2. The Morgan fingerprint density at radius 1 is 1.13 bits per heavy atom. The predicted molar refractivity (Wildman–Crippen MR) is 106 cm³/mol. The standard InChI is InChI=1S/C22H15FN2O6/c23-15-6-1-4-13(10-15)19-18(20(26)14-5-2-7-16(11-14)25(29)30)21(27)22(28)24(19)12-17-8-3-9-31-17/h1-11,19,26H,12H2/t19-/m1/s1. The minimum Gasteiger partial charge on any atom is -0.507 e. The van der Waals surface area contributed by atoms with E-state index < -0.39 is 34.2 Å². The van der Waals surface area contributed by atoms with E-state index in [1.165, 1.54) is 47.6 Å². The molecular weight excluding hydrogens is 407 g/mol. The summed E-state index contributed by atoms with van der Waals surface area (Å²) >= 11 is 0. The number of ketones is 1. The average molecular weight is 422 g/mol. The van der Waals surface area contributed by atoms with Gasteiger partial charge in [0.25, 0.3) is 17.4 Å². The van der Waals surface area contributed by atoms with Crippen molar-refractivity contribution in [3.63, 3.8) is 0 Å². The molecule has 0 spiro atoms. The topological polar surface area (TPSA) is 114 Å². The first-order chi connectivity index (χ1) is 14.9. The summed E-state index contributed by atoms with van der Waals surface area (Å²) in [7, 11) is 0. The molecule has 2 aromatic carbocycles. The summed E-state index contributed by atoms with van der Waals surface area (Å²) < 4.78 is 19.2. The van der Waals surface area contributed by atoms with E-state index in [9.17, 15) is 29.2 Å². The van der Waals surface area contributed by atoms with Crippen LogP contribution in [0, 0.1) is 15.9 Å². The van der Waals surface area contributed by atoms with Crippen molar-refractivity contribution in [2.24, 2.45) is 0 Å². The Morgan fingerprint density at radius 2 is 1.90 bits per heavy atom. The van der Waals surface area contributed by atoms with Crippen LogP contribution < -0.4 is 0 Å². The third kappa shape index (κ3) is 3.68. The molecule has 9 heteroatoms. The molecule has 8 nitrogen and oxygen atoms in total. The third-order valence-corrected chi connectivity index (χ3v) is 4.94. The van der Waals surface area contributed by atoms with Crippen molar-refractivity contribution in [1.82, 2.24) is 4.90 Å². The Labute approximate surface area is 175 Å². The largest absolute Gasteiger partial charge is 0.507 e. The number of benzene rings is 2. The minimum absolute atomic E-state index is 0.00778. The molecule has 1 aliphatic heterocycles. The van der Waals surface area contributed by atoms with E-state index in [1.807, 2.05) is 0 Å². The Morgan fingerprint density at radius 3 is 2.58 bits per heavy atom. The van der Waals surface area contributed by atoms with Gasteiger partial charge in [0, 0.05) is 17.7 Å². The maximum Gasteiger partial charge on any atom is 0.296 e.